The second kappa shape index (κ2) is 5.68. The Kier molecular flexibility index (Phi) is 5.21. The molecule has 0 heterocycles. The molecular formula is C12H21NO3. The first-order valence-electron chi connectivity index (χ1n) is 5.31. The van der Waals surface area contributed by atoms with E-state index in [4.69, 9.17) is 4.74 Å². The highest BCUT2D eigenvalue weighted by Crippen LogP contribution is 2.15. The van der Waals surface area contributed by atoms with Crippen LogP contribution in [0.15, 0.2) is 12.7 Å². The predicted molar refractivity (Wildman–Crippen MR) is 62.8 cm³/mol. The molecule has 0 saturated heterocycles. The molecule has 4 heteroatoms. The zero-order chi connectivity index (χ0) is 12.9. The van der Waals surface area contributed by atoms with E-state index in [9.17, 15) is 9.59 Å². The van der Waals surface area contributed by atoms with Crippen LogP contribution in [0.25, 0.3) is 0 Å². The Bertz CT molecular complexity index is 282. The number of nitrogens with zero attached hydrogens (tertiary/aromatic N) is 1. The van der Waals surface area contributed by atoms with E-state index in [1.165, 1.54) is 11.0 Å². The molecule has 0 aliphatic rings. The summed E-state index contributed by atoms with van der Waals surface area (Å²) in [7, 11) is 1.56. The molecule has 0 unspecified atom stereocenters. The average Bonchev–Trinajstić information content (AvgIpc) is 2.23. The SMILES string of the molecule is C=CC(=O)N(C)C(C)(C)C(=O)OCC(C)C. The molecule has 4 nitrogen and oxygen atoms in total. The molecule has 0 spiro atoms. The van der Waals surface area contributed by atoms with Crippen LogP contribution in [0.1, 0.15) is 27.7 Å². The van der Waals surface area contributed by atoms with Crippen molar-refractivity contribution >= 4 is 11.9 Å². The normalized spacial score (nSPS) is 11.1. The van der Waals surface area contributed by atoms with E-state index in [-0.39, 0.29) is 11.8 Å². The van der Waals surface area contributed by atoms with Crippen molar-refractivity contribution < 1.29 is 14.3 Å². The van der Waals surface area contributed by atoms with Crippen molar-refractivity contribution in [3.05, 3.63) is 12.7 Å². The molecule has 0 bridgehead atoms. The third kappa shape index (κ3) is 3.68. The molecule has 92 valence electrons. The van der Waals surface area contributed by atoms with Crippen LogP contribution in [0.4, 0.5) is 0 Å². The summed E-state index contributed by atoms with van der Waals surface area (Å²) in [6, 6.07) is 0. The molecule has 0 N–H and O–H groups in total. The van der Waals surface area contributed by atoms with Gasteiger partial charge in [-0.1, -0.05) is 20.4 Å². The Labute approximate surface area is 97.3 Å². The molecule has 1 amide bonds. The molecular weight excluding hydrogens is 206 g/mol. The topological polar surface area (TPSA) is 46.6 Å². The van der Waals surface area contributed by atoms with Gasteiger partial charge in [-0.05, 0) is 25.8 Å². The van der Waals surface area contributed by atoms with E-state index in [0.29, 0.717) is 6.61 Å². The van der Waals surface area contributed by atoms with E-state index >= 15 is 0 Å². The quantitative estimate of drug-likeness (QED) is 0.529. The van der Waals surface area contributed by atoms with Crippen molar-refractivity contribution in [3.8, 4) is 0 Å². The van der Waals surface area contributed by atoms with Gasteiger partial charge in [-0.3, -0.25) is 4.79 Å². The summed E-state index contributed by atoms with van der Waals surface area (Å²) in [5.74, 6) is -0.425. The summed E-state index contributed by atoms with van der Waals surface area (Å²) in [6.45, 7) is 11.0. The third-order valence-corrected chi connectivity index (χ3v) is 2.39. The first-order valence-corrected chi connectivity index (χ1v) is 5.31. The minimum absolute atomic E-state index is 0.278. The Morgan fingerprint density at radius 3 is 2.31 bits per heavy atom. The molecule has 0 aliphatic heterocycles. The van der Waals surface area contributed by atoms with Gasteiger partial charge < -0.3 is 9.64 Å². The lowest BCUT2D eigenvalue weighted by Crippen LogP contribution is -2.51. The van der Waals surface area contributed by atoms with E-state index in [0.717, 1.165) is 0 Å². The summed E-state index contributed by atoms with van der Waals surface area (Å²) in [4.78, 5) is 24.5. The minimum Gasteiger partial charge on any atom is -0.464 e. The lowest BCUT2D eigenvalue weighted by atomic mass is 10.0. The van der Waals surface area contributed by atoms with Gasteiger partial charge in [0.15, 0.2) is 0 Å². The summed E-state index contributed by atoms with van der Waals surface area (Å²) in [6.07, 6.45) is 1.18. The highest BCUT2D eigenvalue weighted by atomic mass is 16.5. The predicted octanol–water partition coefficient (Wildman–Crippen LogP) is 1.61. The number of hydrogen-bond acceptors (Lipinski definition) is 3. The summed E-state index contributed by atoms with van der Waals surface area (Å²) < 4.78 is 5.12. The summed E-state index contributed by atoms with van der Waals surface area (Å²) >= 11 is 0. The number of ether oxygens (including phenoxy) is 1. The van der Waals surface area contributed by atoms with Crippen LogP contribution in [0.5, 0.6) is 0 Å². The van der Waals surface area contributed by atoms with Crippen LogP contribution in [-0.2, 0) is 14.3 Å². The maximum absolute atomic E-state index is 11.8. The van der Waals surface area contributed by atoms with Crippen molar-refractivity contribution in [2.45, 2.75) is 33.2 Å². The molecule has 0 aliphatic carbocycles. The summed E-state index contributed by atoms with van der Waals surface area (Å²) in [5.41, 5.74) is -0.972. The second-order valence-electron chi connectivity index (χ2n) is 4.65. The Morgan fingerprint density at radius 1 is 1.44 bits per heavy atom. The van der Waals surface area contributed by atoms with Gasteiger partial charge in [-0.15, -0.1) is 0 Å². The Morgan fingerprint density at radius 2 is 1.94 bits per heavy atom. The highest BCUT2D eigenvalue weighted by Gasteiger charge is 2.36. The van der Waals surface area contributed by atoms with Crippen LogP contribution in [0.3, 0.4) is 0 Å². The molecule has 0 aromatic rings. The number of esters is 1. The molecule has 0 saturated carbocycles. The number of carbonyl (C=O) groups excluding carboxylic acids is 2. The summed E-state index contributed by atoms with van der Waals surface area (Å²) in [5, 5.41) is 0. The maximum Gasteiger partial charge on any atom is 0.331 e. The zero-order valence-electron chi connectivity index (χ0n) is 10.7. The Balaban J connectivity index is 4.58. The molecule has 0 aromatic heterocycles. The van der Waals surface area contributed by atoms with Gasteiger partial charge >= 0.3 is 5.97 Å². The van der Waals surface area contributed by atoms with Crippen LogP contribution in [0, 0.1) is 5.92 Å². The maximum atomic E-state index is 11.8. The fourth-order valence-corrected chi connectivity index (χ4v) is 0.968. The van der Waals surface area contributed by atoms with Crippen LogP contribution >= 0.6 is 0 Å². The molecule has 16 heavy (non-hydrogen) atoms. The standard InChI is InChI=1S/C12H21NO3/c1-7-10(14)13(6)12(4,5)11(15)16-8-9(2)3/h7,9H,1,8H2,2-6H3. The van der Waals surface area contributed by atoms with E-state index in [1.54, 1.807) is 20.9 Å². The van der Waals surface area contributed by atoms with Crippen molar-refractivity contribution in [1.82, 2.24) is 4.90 Å². The van der Waals surface area contributed by atoms with Crippen LogP contribution < -0.4 is 0 Å². The number of amides is 1. The van der Waals surface area contributed by atoms with Crippen LogP contribution in [0.2, 0.25) is 0 Å². The second-order valence-corrected chi connectivity index (χ2v) is 4.65. The van der Waals surface area contributed by atoms with Crippen molar-refractivity contribution in [3.63, 3.8) is 0 Å². The lowest BCUT2D eigenvalue weighted by molar-refractivity contribution is -0.160. The highest BCUT2D eigenvalue weighted by molar-refractivity contribution is 5.92. The van der Waals surface area contributed by atoms with Gasteiger partial charge in [0.25, 0.3) is 0 Å². The van der Waals surface area contributed by atoms with Crippen molar-refractivity contribution in [2.24, 2.45) is 5.92 Å². The fourth-order valence-electron chi connectivity index (χ4n) is 0.968. The molecule has 0 fully saturated rings. The van der Waals surface area contributed by atoms with Gasteiger partial charge in [-0.2, -0.15) is 0 Å². The largest absolute Gasteiger partial charge is 0.464 e. The number of hydrogen-bond donors (Lipinski definition) is 0. The third-order valence-electron chi connectivity index (χ3n) is 2.39. The smallest absolute Gasteiger partial charge is 0.331 e. The van der Waals surface area contributed by atoms with Gasteiger partial charge in [0.1, 0.15) is 5.54 Å². The van der Waals surface area contributed by atoms with Gasteiger partial charge in [0.05, 0.1) is 6.61 Å². The van der Waals surface area contributed by atoms with Gasteiger partial charge in [0, 0.05) is 7.05 Å². The average molecular weight is 227 g/mol. The van der Waals surface area contributed by atoms with Crippen molar-refractivity contribution in [1.29, 1.82) is 0 Å². The van der Waals surface area contributed by atoms with E-state index in [2.05, 4.69) is 6.58 Å². The number of rotatable bonds is 5. The Hall–Kier alpha value is -1.32. The lowest BCUT2D eigenvalue weighted by Gasteiger charge is -2.32. The zero-order valence-corrected chi connectivity index (χ0v) is 10.7. The van der Waals surface area contributed by atoms with E-state index < -0.39 is 11.5 Å². The number of likely N-dealkylation sites (N-methyl/N-ethyl adjacent to an activating group) is 1. The first-order chi connectivity index (χ1) is 7.23. The fraction of sp³-hybridized carbons (Fsp3) is 0.667. The van der Waals surface area contributed by atoms with Gasteiger partial charge in [-0.25, -0.2) is 4.79 Å². The molecule has 0 radical (unpaired) electrons. The van der Waals surface area contributed by atoms with Gasteiger partial charge in [0.2, 0.25) is 5.91 Å². The minimum atomic E-state index is -0.972. The molecule has 0 rings (SSSR count). The number of carbonyl (C=O) groups is 2. The molecule has 0 aromatic carbocycles. The first kappa shape index (κ1) is 14.7. The van der Waals surface area contributed by atoms with Crippen molar-refractivity contribution in [2.75, 3.05) is 13.7 Å². The molecule has 0 atom stereocenters. The van der Waals surface area contributed by atoms with E-state index in [1.807, 2.05) is 13.8 Å². The van der Waals surface area contributed by atoms with Crippen LogP contribution in [-0.4, -0.2) is 36.0 Å². The monoisotopic (exact) mass is 227 g/mol.